The Morgan fingerprint density at radius 1 is 1.23 bits per heavy atom. The minimum Gasteiger partial charge on any atom is -0.465 e. The van der Waals surface area contributed by atoms with Crippen LogP contribution in [0.3, 0.4) is 0 Å². The van der Waals surface area contributed by atoms with Gasteiger partial charge in [-0.25, -0.2) is 15.3 Å². The largest absolute Gasteiger partial charge is 0.465 e. The molecule has 0 atom stereocenters. The van der Waals surface area contributed by atoms with E-state index in [0.717, 1.165) is 28.0 Å². The summed E-state index contributed by atoms with van der Waals surface area (Å²) in [7, 11) is 1.35. The monoisotopic (exact) mass is 351 g/mol. The van der Waals surface area contributed by atoms with Crippen LogP contribution in [0.2, 0.25) is 0 Å². The Bertz CT molecular complexity index is 974. The molecule has 7 heteroatoms. The number of methoxy groups -OCH3 is 1. The predicted octanol–water partition coefficient (Wildman–Crippen LogP) is 2.46. The lowest BCUT2D eigenvalue weighted by Crippen LogP contribution is -2.14. The number of esters is 1. The molecule has 0 aliphatic heterocycles. The average molecular weight is 351 g/mol. The smallest absolute Gasteiger partial charge is 0.337 e. The highest BCUT2D eigenvalue weighted by atomic mass is 16.5. The molecule has 3 N–H and O–H groups in total. The van der Waals surface area contributed by atoms with Crippen LogP contribution in [0.4, 0.5) is 0 Å². The summed E-state index contributed by atoms with van der Waals surface area (Å²) in [6, 6.07) is 12.8. The van der Waals surface area contributed by atoms with Gasteiger partial charge in [0.15, 0.2) is 0 Å². The first-order valence-corrected chi connectivity index (χ1v) is 7.87. The second-order valence-corrected chi connectivity index (χ2v) is 5.63. The molecule has 0 spiro atoms. The van der Waals surface area contributed by atoms with Crippen molar-refractivity contribution in [1.29, 1.82) is 0 Å². The van der Waals surface area contributed by atoms with Crippen LogP contribution >= 0.6 is 0 Å². The number of ether oxygens (including phenoxy) is 1. The molecule has 2 aromatic carbocycles. The highest BCUT2D eigenvalue weighted by molar-refractivity contribution is 5.93. The van der Waals surface area contributed by atoms with Gasteiger partial charge in [0.2, 0.25) is 0 Å². The normalized spacial score (nSPS) is 11.0. The van der Waals surface area contributed by atoms with Crippen molar-refractivity contribution >= 4 is 29.0 Å². The van der Waals surface area contributed by atoms with Gasteiger partial charge in [-0.1, -0.05) is 24.3 Å². The van der Waals surface area contributed by atoms with Crippen LogP contribution < -0.4 is 5.48 Å². The number of hydrogen-bond donors (Lipinski definition) is 3. The number of aromatic nitrogens is 2. The van der Waals surface area contributed by atoms with E-state index in [1.54, 1.807) is 24.3 Å². The molecule has 1 amide bonds. The third kappa shape index (κ3) is 3.96. The van der Waals surface area contributed by atoms with Crippen molar-refractivity contribution in [3.63, 3.8) is 0 Å². The highest BCUT2D eigenvalue weighted by Crippen LogP contribution is 2.17. The van der Waals surface area contributed by atoms with Crippen LogP contribution in [0, 0.1) is 0 Å². The zero-order valence-corrected chi connectivity index (χ0v) is 14.0. The van der Waals surface area contributed by atoms with Gasteiger partial charge in [-0.15, -0.1) is 0 Å². The van der Waals surface area contributed by atoms with Crippen molar-refractivity contribution in [2.24, 2.45) is 0 Å². The predicted molar refractivity (Wildman–Crippen MR) is 95.6 cm³/mol. The maximum atomic E-state index is 11.6. The van der Waals surface area contributed by atoms with Gasteiger partial charge in [0.1, 0.15) is 5.82 Å². The van der Waals surface area contributed by atoms with Gasteiger partial charge in [-0.05, 0) is 35.4 Å². The fraction of sp³-hybridized carbons (Fsp3) is 0.105. The molecule has 0 aliphatic rings. The fourth-order valence-corrected chi connectivity index (χ4v) is 2.54. The van der Waals surface area contributed by atoms with Crippen LogP contribution in [-0.4, -0.2) is 34.2 Å². The van der Waals surface area contributed by atoms with Crippen LogP contribution in [0.5, 0.6) is 0 Å². The third-order valence-electron chi connectivity index (χ3n) is 3.84. The number of benzene rings is 2. The van der Waals surface area contributed by atoms with Gasteiger partial charge in [-0.3, -0.25) is 10.0 Å². The van der Waals surface area contributed by atoms with Crippen molar-refractivity contribution in [3.8, 4) is 0 Å². The van der Waals surface area contributed by atoms with E-state index in [9.17, 15) is 9.59 Å². The number of carbonyl (C=O) groups excluding carboxylic acids is 2. The van der Waals surface area contributed by atoms with Gasteiger partial charge < -0.3 is 9.72 Å². The number of carbonyl (C=O) groups is 2. The topological polar surface area (TPSA) is 104 Å². The van der Waals surface area contributed by atoms with Gasteiger partial charge in [0.05, 0.1) is 23.7 Å². The SMILES string of the molecule is COC(=O)c1ccc2nc(Cc3ccc(C=CC(=O)NO)cc3)[nH]c2c1. The molecule has 0 fully saturated rings. The Labute approximate surface area is 149 Å². The Kier molecular flexibility index (Phi) is 5.09. The van der Waals surface area contributed by atoms with E-state index in [1.165, 1.54) is 18.7 Å². The summed E-state index contributed by atoms with van der Waals surface area (Å²) >= 11 is 0. The van der Waals surface area contributed by atoms with E-state index in [2.05, 4.69) is 9.97 Å². The van der Waals surface area contributed by atoms with Gasteiger partial charge in [-0.2, -0.15) is 0 Å². The summed E-state index contributed by atoms with van der Waals surface area (Å²) in [6.07, 6.45) is 3.45. The van der Waals surface area contributed by atoms with E-state index in [4.69, 9.17) is 9.94 Å². The van der Waals surface area contributed by atoms with Crippen LogP contribution in [0.15, 0.2) is 48.5 Å². The van der Waals surface area contributed by atoms with Crippen molar-refractivity contribution < 1.29 is 19.5 Å². The molecule has 0 saturated heterocycles. The molecule has 0 aliphatic carbocycles. The molecule has 3 aromatic rings. The number of imidazole rings is 1. The second-order valence-electron chi connectivity index (χ2n) is 5.63. The first-order chi connectivity index (χ1) is 12.6. The summed E-state index contributed by atoms with van der Waals surface area (Å²) in [5.41, 5.74) is 5.45. The maximum absolute atomic E-state index is 11.6. The highest BCUT2D eigenvalue weighted by Gasteiger charge is 2.09. The molecule has 0 bridgehead atoms. The lowest BCUT2D eigenvalue weighted by molar-refractivity contribution is -0.124. The molecule has 7 nitrogen and oxygen atoms in total. The van der Waals surface area contributed by atoms with E-state index >= 15 is 0 Å². The molecule has 1 aromatic heterocycles. The molecular weight excluding hydrogens is 334 g/mol. The quantitative estimate of drug-likeness (QED) is 0.283. The summed E-state index contributed by atoms with van der Waals surface area (Å²) in [4.78, 5) is 30.3. The minimum atomic E-state index is -0.581. The summed E-state index contributed by atoms with van der Waals surface area (Å²) in [5.74, 6) is -0.186. The van der Waals surface area contributed by atoms with Crippen LogP contribution in [-0.2, 0) is 16.0 Å². The molecule has 0 unspecified atom stereocenters. The molecule has 1 heterocycles. The maximum Gasteiger partial charge on any atom is 0.337 e. The number of rotatable bonds is 5. The fourth-order valence-electron chi connectivity index (χ4n) is 2.54. The van der Waals surface area contributed by atoms with Crippen LogP contribution in [0.1, 0.15) is 27.3 Å². The first kappa shape index (κ1) is 17.4. The Hall–Kier alpha value is -3.45. The number of hydroxylamine groups is 1. The Morgan fingerprint density at radius 2 is 2.00 bits per heavy atom. The number of H-pyrrole nitrogens is 1. The molecule has 26 heavy (non-hydrogen) atoms. The number of nitrogens with one attached hydrogen (secondary N) is 2. The molecule has 3 rings (SSSR count). The zero-order valence-electron chi connectivity index (χ0n) is 14.0. The van der Waals surface area contributed by atoms with Gasteiger partial charge in [0, 0.05) is 12.5 Å². The summed E-state index contributed by atoms with van der Waals surface area (Å²) < 4.78 is 4.72. The molecular formula is C19H17N3O4. The number of hydrogen-bond acceptors (Lipinski definition) is 5. The molecule has 0 radical (unpaired) electrons. The summed E-state index contributed by atoms with van der Waals surface area (Å²) in [5, 5.41) is 8.46. The Balaban J connectivity index is 1.75. The number of nitrogens with zero attached hydrogens (tertiary/aromatic N) is 1. The number of fused-ring (bicyclic) bond motifs is 1. The van der Waals surface area contributed by atoms with Crippen molar-refractivity contribution in [1.82, 2.24) is 15.4 Å². The van der Waals surface area contributed by atoms with Crippen molar-refractivity contribution in [3.05, 3.63) is 71.1 Å². The van der Waals surface area contributed by atoms with Crippen molar-refractivity contribution in [2.45, 2.75) is 6.42 Å². The minimum absolute atomic E-state index is 0.387. The lowest BCUT2D eigenvalue weighted by atomic mass is 10.1. The standard InChI is InChI=1S/C19H17N3O4/c1-26-19(24)14-7-8-15-16(11-14)21-17(20-15)10-13-4-2-12(3-5-13)6-9-18(23)22-25/h2-9,11,25H,10H2,1H3,(H,20,21)(H,22,23). The van der Waals surface area contributed by atoms with E-state index in [-0.39, 0.29) is 5.97 Å². The van der Waals surface area contributed by atoms with Gasteiger partial charge in [0.25, 0.3) is 5.91 Å². The van der Waals surface area contributed by atoms with Crippen LogP contribution in [0.25, 0.3) is 17.1 Å². The number of amides is 1. The average Bonchev–Trinajstić information content (AvgIpc) is 3.07. The third-order valence-corrected chi connectivity index (χ3v) is 3.84. The van der Waals surface area contributed by atoms with E-state index < -0.39 is 5.91 Å². The molecule has 132 valence electrons. The number of aromatic amines is 1. The first-order valence-electron chi connectivity index (χ1n) is 7.87. The zero-order chi connectivity index (χ0) is 18.5. The second kappa shape index (κ2) is 7.62. The lowest BCUT2D eigenvalue weighted by Gasteiger charge is -1.99. The van der Waals surface area contributed by atoms with E-state index in [0.29, 0.717) is 12.0 Å². The van der Waals surface area contributed by atoms with Gasteiger partial charge >= 0.3 is 5.97 Å². The van der Waals surface area contributed by atoms with E-state index in [1.807, 2.05) is 24.3 Å². The Morgan fingerprint density at radius 3 is 2.69 bits per heavy atom. The molecule has 0 saturated carbocycles. The van der Waals surface area contributed by atoms with Crippen molar-refractivity contribution in [2.75, 3.05) is 7.11 Å². The summed E-state index contributed by atoms with van der Waals surface area (Å²) in [6.45, 7) is 0.